The van der Waals surface area contributed by atoms with Crippen LogP contribution < -0.4 is 0 Å². The zero-order valence-corrected chi connectivity index (χ0v) is 9.67. The lowest BCUT2D eigenvalue weighted by atomic mass is 10.1. The Morgan fingerprint density at radius 2 is 1.92 bits per heavy atom. The van der Waals surface area contributed by atoms with Gasteiger partial charge < -0.3 is 10.0 Å². The van der Waals surface area contributed by atoms with Crippen LogP contribution in [0.1, 0.15) is 18.5 Å². The van der Waals surface area contributed by atoms with Crippen molar-refractivity contribution < 1.29 is 5.11 Å². The normalized spacial score (nSPS) is 13.3. The molecule has 0 spiro atoms. The van der Waals surface area contributed by atoms with Crippen molar-refractivity contribution in [3.8, 4) is 5.75 Å². The van der Waals surface area contributed by atoms with Crippen molar-refractivity contribution in [1.82, 2.24) is 4.90 Å². The van der Waals surface area contributed by atoms with E-state index in [0.717, 1.165) is 10.0 Å². The molecule has 0 heterocycles. The Morgan fingerprint density at radius 1 is 1.31 bits per heavy atom. The molecule has 1 unspecified atom stereocenters. The minimum atomic E-state index is 0.304. The van der Waals surface area contributed by atoms with Gasteiger partial charge >= 0.3 is 0 Å². The summed E-state index contributed by atoms with van der Waals surface area (Å²) in [5, 5.41) is 9.38. The fourth-order valence-electron chi connectivity index (χ4n) is 1.14. The van der Waals surface area contributed by atoms with Gasteiger partial charge in [0.25, 0.3) is 0 Å². The number of halogens is 1. The molecule has 0 aliphatic rings. The van der Waals surface area contributed by atoms with Crippen molar-refractivity contribution in [2.75, 3.05) is 14.1 Å². The van der Waals surface area contributed by atoms with E-state index in [1.165, 1.54) is 0 Å². The van der Waals surface area contributed by atoms with Crippen molar-refractivity contribution in [3.63, 3.8) is 0 Å². The van der Waals surface area contributed by atoms with Gasteiger partial charge in [-0.1, -0.05) is 15.9 Å². The summed E-state index contributed by atoms with van der Waals surface area (Å²) in [5.74, 6) is 0.304. The van der Waals surface area contributed by atoms with Crippen molar-refractivity contribution in [2.24, 2.45) is 0 Å². The average molecular weight is 244 g/mol. The number of benzene rings is 1. The highest BCUT2D eigenvalue weighted by molar-refractivity contribution is 9.10. The summed E-state index contributed by atoms with van der Waals surface area (Å²) in [6.45, 7) is 2.10. The van der Waals surface area contributed by atoms with Crippen LogP contribution >= 0.6 is 15.9 Å². The van der Waals surface area contributed by atoms with E-state index in [-0.39, 0.29) is 0 Å². The van der Waals surface area contributed by atoms with Crippen LogP contribution in [0.3, 0.4) is 0 Å². The van der Waals surface area contributed by atoms with Gasteiger partial charge in [-0.25, -0.2) is 0 Å². The Hall–Kier alpha value is -0.540. The molecule has 0 aliphatic carbocycles. The molecule has 1 aromatic rings. The van der Waals surface area contributed by atoms with Crippen LogP contribution in [0.5, 0.6) is 5.75 Å². The maximum absolute atomic E-state index is 9.38. The Labute approximate surface area is 87.3 Å². The number of hydrogen-bond acceptors (Lipinski definition) is 2. The van der Waals surface area contributed by atoms with Crippen molar-refractivity contribution in [1.29, 1.82) is 0 Å². The fourth-order valence-corrected chi connectivity index (χ4v) is 1.63. The second-order valence-corrected chi connectivity index (χ2v) is 4.30. The van der Waals surface area contributed by atoms with Gasteiger partial charge in [-0.3, -0.25) is 0 Å². The van der Waals surface area contributed by atoms with Gasteiger partial charge in [0.05, 0.1) is 0 Å². The molecular formula is C10H14BrNO. The molecule has 0 bridgehead atoms. The van der Waals surface area contributed by atoms with Gasteiger partial charge in [-0.05, 0) is 44.8 Å². The van der Waals surface area contributed by atoms with Crippen molar-refractivity contribution in [3.05, 3.63) is 28.2 Å². The first-order valence-corrected chi connectivity index (χ1v) is 4.96. The van der Waals surface area contributed by atoms with Crippen LogP contribution in [-0.2, 0) is 0 Å². The van der Waals surface area contributed by atoms with Gasteiger partial charge in [0.15, 0.2) is 0 Å². The molecule has 1 atom stereocenters. The van der Waals surface area contributed by atoms with E-state index >= 15 is 0 Å². The Balaban J connectivity index is 3.01. The van der Waals surface area contributed by atoms with E-state index in [9.17, 15) is 5.11 Å². The predicted octanol–water partition coefficient (Wildman–Crippen LogP) is 2.78. The molecule has 1 N–H and O–H groups in total. The van der Waals surface area contributed by atoms with Crippen LogP contribution in [-0.4, -0.2) is 24.1 Å². The lowest BCUT2D eigenvalue weighted by Gasteiger charge is -2.20. The van der Waals surface area contributed by atoms with Crippen LogP contribution in [0.4, 0.5) is 0 Å². The van der Waals surface area contributed by atoms with Crippen molar-refractivity contribution >= 4 is 15.9 Å². The monoisotopic (exact) mass is 243 g/mol. The van der Waals surface area contributed by atoms with Crippen LogP contribution in [0.25, 0.3) is 0 Å². The molecule has 1 rings (SSSR count). The third kappa shape index (κ3) is 2.71. The van der Waals surface area contributed by atoms with E-state index in [0.29, 0.717) is 11.8 Å². The molecule has 2 nitrogen and oxygen atoms in total. The quantitative estimate of drug-likeness (QED) is 0.864. The topological polar surface area (TPSA) is 23.5 Å². The van der Waals surface area contributed by atoms with Crippen LogP contribution in [0.2, 0.25) is 0 Å². The highest BCUT2D eigenvalue weighted by atomic mass is 79.9. The van der Waals surface area contributed by atoms with Gasteiger partial charge in [-0.15, -0.1) is 0 Å². The number of hydrogen-bond donors (Lipinski definition) is 1. The summed E-state index contributed by atoms with van der Waals surface area (Å²) in [5.41, 5.74) is 1.11. The smallest absolute Gasteiger partial charge is 0.117 e. The molecule has 72 valence electrons. The average Bonchev–Trinajstić information content (AvgIpc) is 2.01. The predicted molar refractivity (Wildman–Crippen MR) is 57.9 cm³/mol. The highest BCUT2D eigenvalue weighted by Gasteiger charge is 2.08. The Morgan fingerprint density at radius 3 is 2.38 bits per heavy atom. The SMILES string of the molecule is CC(c1cc(O)cc(Br)c1)N(C)C. The fraction of sp³-hybridized carbons (Fsp3) is 0.400. The summed E-state index contributed by atoms with van der Waals surface area (Å²) >= 11 is 3.35. The first kappa shape index (κ1) is 10.5. The number of nitrogens with zero attached hydrogens (tertiary/aromatic N) is 1. The molecule has 1 aromatic carbocycles. The minimum Gasteiger partial charge on any atom is -0.508 e. The van der Waals surface area contributed by atoms with E-state index in [4.69, 9.17) is 0 Å². The maximum Gasteiger partial charge on any atom is 0.117 e. The number of aromatic hydroxyl groups is 1. The third-order valence-corrected chi connectivity index (χ3v) is 2.62. The minimum absolute atomic E-state index is 0.304. The third-order valence-electron chi connectivity index (χ3n) is 2.16. The van der Waals surface area contributed by atoms with E-state index in [2.05, 4.69) is 27.8 Å². The zero-order chi connectivity index (χ0) is 10.0. The van der Waals surface area contributed by atoms with E-state index in [1.807, 2.05) is 20.2 Å². The van der Waals surface area contributed by atoms with Crippen LogP contribution in [0.15, 0.2) is 22.7 Å². The van der Waals surface area contributed by atoms with Gasteiger partial charge in [0.1, 0.15) is 5.75 Å². The van der Waals surface area contributed by atoms with Gasteiger partial charge in [0.2, 0.25) is 0 Å². The summed E-state index contributed by atoms with van der Waals surface area (Å²) in [4.78, 5) is 2.10. The number of rotatable bonds is 2. The zero-order valence-electron chi connectivity index (χ0n) is 8.08. The molecule has 0 saturated heterocycles. The Kier molecular flexibility index (Phi) is 3.33. The lowest BCUT2D eigenvalue weighted by Crippen LogP contribution is -2.16. The second kappa shape index (κ2) is 4.11. The van der Waals surface area contributed by atoms with E-state index in [1.54, 1.807) is 12.1 Å². The molecule has 0 fully saturated rings. The molecule has 0 saturated carbocycles. The molecular weight excluding hydrogens is 230 g/mol. The molecule has 0 aromatic heterocycles. The summed E-state index contributed by atoms with van der Waals surface area (Å²) in [6, 6.07) is 5.80. The molecule has 3 heteroatoms. The standard InChI is InChI=1S/C10H14BrNO/c1-7(12(2)3)8-4-9(11)6-10(13)5-8/h4-7,13H,1-3H3. The maximum atomic E-state index is 9.38. The van der Waals surface area contributed by atoms with E-state index < -0.39 is 0 Å². The van der Waals surface area contributed by atoms with Gasteiger partial charge in [-0.2, -0.15) is 0 Å². The largest absolute Gasteiger partial charge is 0.508 e. The lowest BCUT2D eigenvalue weighted by molar-refractivity contribution is 0.320. The first-order chi connectivity index (χ1) is 6.00. The molecule has 13 heavy (non-hydrogen) atoms. The van der Waals surface area contributed by atoms with Crippen molar-refractivity contribution in [2.45, 2.75) is 13.0 Å². The highest BCUT2D eigenvalue weighted by Crippen LogP contribution is 2.26. The summed E-state index contributed by atoms with van der Waals surface area (Å²) < 4.78 is 0.913. The first-order valence-electron chi connectivity index (χ1n) is 4.16. The van der Waals surface area contributed by atoms with Crippen LogP contribution in [0, 0.1) is 0 Å². The summed E-state index contributed by atoms with van der Waals surface area (Å²) in [6.07, 6.45) is 0. The number of phenolic OH excluding ortho intramolecular Hbond substituents is 1. The molecule has 0 aliphatic heterocycles. The Bertz CT molecular complexity index is 279. The summed E-state index contributed by atoms with van der Waals surface area (Å²) in [7, 11) is 4.03. The number of phenols is 1. The molecule has 0 radical (unpaired) electrons. The molecule has 0 amide bonds. The van der Waals surface area contributed by atoms with Gasteiger partial charge in [0, 0.05) is 10.5 Å². The second-order valence-electron chi connectivity index (χ2n) is 3.38.